The van der Waals surface area contributed by atoms with E-state index in [-0.39, 0.29) is 5.91 Å². The molecule has 0 aromatic heterocycles. The van der Waals surface area contributed by atoms with Gasteiger partial charge in [0.15, 0.2) is 0 Å². The van der Waals surface area contributed by atoms with Crippen LogP contribution in [0.3, 0.4) is 0 Å². The third-order valence-corrected chi connectivity index (χ3v) is 3.96. The molecule has 0 unspecified atom stereocenters. The Bertz CT molecular complexity index is 220. The first kappa shape index (κ1) is 23.0. The van der Waals surface area contributed by atoms with E-state index >= 15 is 0 Å². The fourth-order valence-electron chi connectivity index (χ4n) is 1.93. The zero-order chi connectivity index (χ0) is 16.5. The van der Waals surface area contributed by atoms with Gasteiger partial charge in [-0.2, -0.15) is 0 Å². The van der Waals surface area contributed by atoms with Gasteiger partial charge >= 0.3 is 0 Å². The zero-order valence-corrected chi connectivity index (χ0v) is 15.7. The van der Waals surface area contributed by atoms with E-state index in [9.17, 15) is 4.79 Å². The van der Waals surface area contributed by atoms with Gasteiger partial charge in [0.25, 0.3) is 0 Å². The molecule has 0 radical (unpaired) electrons. The van der Waals surface area contributed by atoms with Gasteiger partial charge in [0.1, 0.15) is 0 Å². The minimum absolute atomic E-state index is 0.121. The third-order valence-electron chi connectivity index (χ3n) is 3.10. The van der Waals surface area contributed by atoms with Crippen molar-refractivity contribution in [3.8, 4) is 0 Å². The lowest BCUT2D eigenvalue weighted by Crippen LogP contribution is -2.37. The molecule has 0 spiro atoms. The lowest BCUT2D eigenvalue weighted by molar-refractivity contribution is -0.118. The summed E-state index contributed by atoms with van der Waals surface area (Å²) in [7, 11) is 1.80. The smallest absolute Gasteiger partial charge is 0.229 e. The van der Waals surface area contributed by atoms with Crippen molar-refractivity contribution < 1.29 is 9.53 Å². The molecule has 1 heterocycles. The zero-order valence-electron chi connectivity index (χ0n) is 14.9. The van der Waals surface area contributed by atoms with E-state index in [1.54, 1.807) is 7.11 Å². The average Bonchev–Trinajstić information content (AvgIpc) is 2.58. The molecule has 5 heteroatoms. The molecule has 1 aliphatic heterocycles. The number of nitrogens with zero attached hydrogens (tertiary/aromatic N) is 1. The van der Waals surface area contributed by atoms with Crippen LogP contribution < -0.4 is 4.72 Å². The number of ether oxygens (including phenoxy) is 1. The normalized spacial score (nSPS) is 15.3. The number of nitrogens with one attached hydrogen (secondary N) is 1. The van der Waals surface area contributed by atoms with Crippen LogP contribution in [0.2, 0.25) is 0 Å². The molecule has 1 N–H and O–H groups in total. The maximum absolute atomic E-state index is 11.0. The predicted molar refractivity (Wildman–Crippen MR) is 94.7 cm³/mol. The number of amides is 1. The molecule has 128 valence electrons. The lowest BCUT2D eigenvalue weighted by Gasteiger charge is -2.31. The van der Waals surface area contributed by atoms with E-state index in [1.807, 2.05) is 34.6 Å². The van der Waals surface area contributed by atoms with Gasteiger partial charge in [-0.3, -0.25) is 4.79 Å². The molecule has 0 aromatic carbocycles. The maximum atomic E-state index is 11.0. The van der Waals surface area contributed by atoms with Crippen molar-refractivity contribution in [1.29, 1.82) is 0 Å². The number of carbonyl (C=O) groups is 1. The minimum Gasteiger partial charge on any atom is -0.381 e. The van der Waals surface area contributed by atoms with Crippen LogP contribution in [0.25, 0.3) is 0 Å². The molecule has 0 atom stereocenters. The summed E-state index contributed by atoms with van der Waals surface area (Å²) in [6, 6.07) is 0. The predicted octanol–water partition coefficient (Wildman–Crippen LogP) is 3.71. The Balaban J connectivity index is 0. The number of likely N-dealkylation sites (tertiary alicyclic amines) is 1. The Hall–Kier alpha value is -0.260. The Morgan fingerprint density at radius 3 is 2.29 bits per heavy atom. The summed E-state index contributed by atoms with van der Waals surface area (Å²) >= 11 is 1.53. The number of carbonyl (C=O) groups excluding carboxylic acids is 1. The van der Waals surface area contributed by atoms with E-state index in [0.717, 1.165) is 44.6 Å². The largest absolute Gasteiger partial charge is 0.381 e. The fourth-order valence-corrected chi connectivity index (χ4v) is 2.61. The van der Waals surface area contributed by atoms with Crippen molar-refractivity contribution in [2.75, 3.05) is 32.5 Å². The van der Waals surface area contributed by atoms with Crippen LogP contribution in [-0.4, -0.2) is 49.4 Å². The summed E-state index contributed by atoms with van der Waals surface area (Å²) in [5, 5.41) is 0. The monoisotopic (exact) mass is 320 g/mol. The SMILES string of the molecule is CC.CC.CCC(=O)NSCCCN1CCC(OC)CC1. The summed E-state index contributed by atoms with van der Waals surface area (Å²) in [6.45, 7) is 13.3. The van der Waals surface area contributed by atoms with E-state index in [2.05, 4.69) is 9.62 Å². The van der Waals surface area contributed by atoms with Gasteiger partial charge in [-0.05, 0) is 25.8 Å². The molecule has 21 heavy (non-hydrogen) atoms. The molecule has 1 saturated heterocycles. The first-order valence-electron chi connectivity index (χ1n) is 8.42. The van der Waals surface area contributed by atoms with Gasteiger partial charge in [0, 0.05) is 32.4 Å². The van der Waals surface area contributed by atoms with Gasteiger partial charge in [-0.1, -0.05) is 46.6 Å². The van der Waals surface area contributed by atoms with Gasteiger partial charge in [0.05, 0.1) is 6.10 Å². The van der Waals surface area contributed by atoms with Crippen LogP contribution in [0.15, 0.2) is 0 Å². The highest BCUT2D eigenvalue weighted by molar-refractivity contribution is 7.97. The molecule has 1 rings (SSSR count). The molecule has 4 nitrogen and oxygen atoms in total. The number of methoxy groups -OCH3 is 1. The Morgan fingerprint density at radius 2 is 1.81 bits per heavy atom. The highest BCUT2D eigenvalue weighted by Crippen LogP contribution is 2.13. The van der Waals surface area contributed by atoms with Crippen molar-refractivity contribution in [3.05, 3.63) is 0 Å². The molecule has 0 aromatic rings. The van der Waals surface area contributed by atoms with Gasteiger partial charge in [-0.15, -0.1) is 0 Å². The molecule has 1 fully saturated rings. The second kappa shape index (κ2) is 17.8. The van der Waals surface area contributed by atoms with E-state index in [0.29, 0.717) is 12.5 Å². The average molecular weight is 321 g/mol. The Morgan fingerprint density at radius 1 is 1.24 bits per heavy atom. The summed E-state index contributed by atoms with van der Waals surface area (Å²) in [4.78, 5) is 13.5. The molecular weight excluding hydrogens is 284 g/mol. The first-order valence-corrected chi connectivity index (χ1v) is 9.40. The second-order valence-corrected chi connectivity index (χ2v) is 5.26. The van der Waals surface area contributed by atoms with Crippen molar-refractivity contribution >= 4 is 17.9 Å². The lowest BCUT2D eigenvalue weighted by atomic mass is 10.1. The topological polar surface area (TPSA) is 41.6 Å². The summed E-state index contributed by atoms with van der Waals surface area (Å²) in [5.41, 5.74) is 0. The van der Waals surface area contributed by atoms with Crippen molar-refractivity contribution in [3.63, 3.8) is 0 Å². The minimum atomic E-state index is 0.121. The van der Waals surface area contributed by atoms with Crippen LogP contribution in [0.5, 0.6) is 0 Å². The number of hydrogen-bond acceptors (Lipinski definition) is 4. The Kier molecular flexibility index (Phi) is 19.5. The molecule has 1 aliphatic rings. The number of piperidine rings is 1. The Labute approximate surface area is 136 Å². The van der Waals surface area contributed by atoms with Gasteiger partial charge in [0.2, 0.25) is 5.91 Å². The van der Waals surface area contributed by atoms with Crippen molar-refractivity contribution in [2.24, 2.45) is 0 Å². The standard InChI is InChI=1S/C12H24N2O2S.2C2H6/c1-3-12(15)13-17-10-4-7-14-8-5-11(16-2)6-9-14;2*1-2/h11H,3-10H2,1-2H3,(H,13,15);2*1-2H3. The van der Waals surface area contributed by atoms with Gasteiger partial charge in [-0.25, -0.2) is 0 Å². The fraction of sp³-hybridized carbons (Fsp3) is 0.938. The number of hydrogen-bond donors (Lipinski definition) is 1. The first-order chi connectivity index (χ1) is 10.3. The van der Waals surface area contributed by atoms with Crippen LogP contribution in [0.1, 0.15) is 60.3 Å². The summed E-state index contributed by atoms with van der Waals surface area (Å²) in [6.07, 6.45) is 4.46. The van der Waals surface area contributed by atoms with E-state index in [4.69, 9.17) is 4.74 Å². The third kappa shape index (κ3) is 13.1. The quantitative estimate of drug-likeness (QED) is 0.573. The molecular formula is C16H36N2O2S. The molecule has 0 bridgehead atoms. The second-order valence-electron chi connectivity index (χ2n) is 4.36. The van der Waals surface area contributed by atoms with E-state index in [1.165, 1.54) is 11.9 Å². The van der Waals surface area contributed by atoms with Crippen LogP contribution in [0.4, 0.5) is 0 Å². The van der Waals surface area contributed by atoms with Crippen LogP contribution in [-0.2, 0) is 9.53 Å². The molecule has 1 amide bonds. The molecule has 0 aliphatic carbocycles. The maximum Gasteiger partial charge on any atom is 0.229 e. The van der Waals surface area contributed by atoms with Crippen molar-refractivity contribution in [2.45, 2.75) is 66.4 Å². The van der Waals surface area contributed by atoms with Crippen molar-refractivity contribution in [1.82, 2.24) is 9.62 Å². The summed E-state index contributed by atoms with van der Waals surface area (Å²) in [5.74, 6) is 1.12. The van der Waals surface area contributed by atoms with Crippen LogP contribution in [0, 0.1) is 0 Å². The van der Waals surface area contributed by atoms with Gasteiger partial charge < -0.3 is 14.4 Å². The number of rotatable bonds is 7. The van der Waals surface area contributed by atoms with E-state index < -0.39 is 0 Å². The highest BCUT2D eigenvalue weighted by atomic mass is 32.2. The highest BCUT2D eigenvalue weighted by Gasteiger charge is 2.17. The summed E-state index contributed by atoms with van der Waals surface area (Å²) < 4.78 is 8.17. The van der Waals surface area contributed by atoms with Crippen LogP contribution >= 0.6 is 11.9 Å². The molecule has 0 saturated carbocycles.